The standard InChI is InChI=1S/C14H6Br4O3/c15-7-1-3-11(17)9(5-7)13(19)21-14(20)10-6-8(16)2-4-12(10)18/h1-6H. The summed E-state index contributed by atoms with van der Waals surface area (Å²) in [5.74, 6) is -1.44. The normalized spacial score (nSPS) is 10.3. The Balaban J connectivity index is 2.25. The number of hydrogen-bond acceptors (Lipinski definition) is 3. The Morgan fingerprint density at radius 1 is 0.714 bits per heavy atom. The van der Waals surface area contributed by atoms with E-state index in [9.17, 15) is 9.59 Å². The third kappa shape index (κ3) is 4.25. The van der Waals surface area contributed by atoms with E-state index in [2.05, 4.69) is 63.7 Å². The predicted octanol–water partition coefficient (Wildman–Crippen LogP) is 5.73. The van der Waals surface area contributed by atoms with Gasteiger partial charge in [0.15, 0.2) is 0 Å². The zero-order valence-corrected chi connectivity index (χ0v) is 16.5. The summed E-state index contributed by atoms with van der Waals surface area (Å²) in [4.78, 5) is 24.2. The Labute approximate surface area is 154 Å². The molecule has 0 atom stereocenters. The Morgan fingerprint density at radius 3 is 1.48 bits per heavy atom. The van der Waals surface area contributed by atoms with Crippen LogP contribution < -0.4 is 0 Å². The highest BCUT2D eigenvalue weighted by Crippen LogP contribution is 2.25. The monoisotopic (exact) mass is 538 g/mol. The van der Waals surface area contributed by atoms with Crippen LogP contribution in [0.2, 0.25) is 0 Å². The smallest absolute Gasteiger partial charge is 0.347 e. The number of rotatable bonds is 2. The van der Waals surface area contributed by atoms with Gasteiger partial charge in [-0.05, 0) is 68.3 Å². The average molecular weight is 542 g/mol. The molecule has 0 saturated carbocycles. The van der Waals surface area contributed by atoms with Gasteiger partial charge in [-0.1, -0.05) is 31.9 Å². The summed E-state index contributed by atoms with van der Waals surface area (Å²) in [6.45, 7) is 0. The molecule has 7 heteroatoms. The molecule has 0 spiro atoms. The molecule has 0 heterocycles. The van der Waals surface area contributed by atoms with Crippen LogP contribution in [-0.2, 0) is 4.74 Å². The number of carbonyl (C=O) groups is 2. The molecular weight excluding hydrogens is 536 g/mol. The number of ether oxygens (including phenoxy) is 1. The molecule has 0 N–H and O–H groups in total. The van der Waals surface area contributed by atoms with Crippen molar-refractivity contribution in [2.24, 2.45) is 0 Å². The van der Waals surface area contributed by atoms with Crippen molar-refractivity contribution in [2.45, 2.75) is 0 Å². The molecule has 2 rings (SSSR count). The first-order chi connectivity index (χ1) is 9.88. The Hall–Kier alpha value is -0.500. The molecule has 0 amide bonds. The lowest BCUT2D eigenvalue weighted by Gasteiger charge is -2.07. The topological polar surface area (TPSA) is 43.4 Å². The van der Waals surface area contributed by atoms with Crippen molar-refractivity contribution in [2.75, 3.05) is 0 Å². The quantitative estimate of drug-likeness (QED) is 0.360. The fraction of sp³-hybridized carbons (Fsp3) is 0. The second kappa shape index (κ2) is 7.17. The minimum Gasteiger partial charge on any atom is -0.386 e. The molecule has 0 fully saturated rings. The van der Waals surface area contributed by atoms with Crippen LogP contribution in [0.3, 0.4) is 0 Å². The molecular formula is C14H6Br4O3. The first-order valence-electron chi connectivity index (χ1n) is 5.55. The highest BCUT2D eigenvalue weighted by Gasteiger charge is 2.19. The van der Waals surface area contributed by atoms with Crippen molar-refractivity contribution < 1.29 is 14.3 Å². The van der Waals surface area contributed by atoms with Gasteiger partial charge >= 0.3 is 11.9 Å². The van der Waals surface area contributed by atoms with Gasteiger partial charge in [0.1, 0.15) is 0 Å². The van der Waals surface area contributed by atoms with Crippen LogP contribution in [0.15, 0.2) is 54.3 Å². The van der Waals surface area contributed by atoms with Crippen LogP contribution in [0.5, 0.6) is 0 Å². The van der Waals surface area contributed by atoms with Gasteiger partial charge in [-0.2, -0.15) is 0 Å². The second-order valence-electron chi connectivity index (χ2n) is 3.93. The minimum atomic E-state index is -0.722. The predicted molar refractivity (Wildman–Crippen MR) is 93.4 cm³/mol. The van der Waals surface area contributed by atoms with E-state index in [1.54, 1.807) is 36.4 Å². The average Bonchev–Trinajstić information content (AvgIpc) is 2.43. The van der Waals surface area contributed by atoms with Crippen LogP contribution in [-0.4, -0.2) is 11.9 Å². The lowest BCUT2D eigenvalue weighted by atomic mass is 10.2. The summed E-state index contributed by atoms with van der Waals surface area (Å²) in [7, 11) is 0. The maximum Gasteiger partial charge on any atom is 0.347 e. The molecule has 3 nitrogen and oxygen atoms in total. The van der Waals surface area contributed by atoms with Crippen molar-refractivity contribution >= 4 is 75.7 Å². The van der Waals surface area contributed by atoms with E-state index < -0.39 is 11.9 Å². The molecule has 108 valence electrons. The lowest BCUT2D eigenvalue weighted by Crippen LogP contribution is -2.14. The Bertz CT molecular complexity index is 667. The first kappa shape index (κ1) is 16.9. The van der Waals surface area contributed by atoms with Gasteiger partial charge in [0.05, 0.1) is 11.1 Å². The molecule has 0 aromatic heterocycles. The third-order valence-corrected chi connectivity index (χ3v) is 4.85. The van der Waals surface area contributed by atoms with Crippen molar-refractivity contribution in [3.05, 3.63) is 65.4 Å². The zero-order chi connectivity index (χ0) is 15.6. The van der Waals surface area contributed by atoms with Crippen LogP contribution >= 0.6 is 63.7 Å². The first-order valence-corrected chi connectivity index (χ1v) is 8.72. The van der Waals surface area contributed by atoms with Crippen molar-refractivity contribution in [3.63, 3.8) is 0 Å². The fourth-order valence-corrected chi connectivity index (χ4v) is 3.04. The molecule has 0 radical (unpaired) electrons. The summed E-state index contributed by atoms with van der Waals surface area (Å²) in [6.07, 6.45) is 0. The van der Waals surface area contributed by atoms with Gasteiger partial charge in [-0.25, -0.2) is 9.59 Å². The number of hydrogen-bond donors (Lipinski definition) is 0. The Kier molecular flexibility index (Phi) is 5.76. The van der Waals surface area contributed by atoms with Crippen LogP contribution in [0.1, 0.15) is 20.7 Å². The zero-order valence-electron chi connectivity index (χ0n) is 10.2. The van der Waals surface area contributed by atoms with Crippen molar-refractivity contribution in [1.29, 1.82) is 0 Å². The molecule has 2 aromatic carbocycles. The van der Waals surface area contributed by atoms with Crippen LogP contribution in [0.25, 0.3) is 0 Å². The van der Waals surface area contributed by atoms with Gasteiger partial charge in [0, 0.05) is 17.9 Å². The van der Waals surface area contributed by atoms with E-state index in [4.69, 9.17) is 4.74 Å². The summed E-state index contributed by atoms with van der Waals surface area (Å²) < 4.78 is 7.45. The van der Waals surface area contributed by atoms with Gasteiger partial charge in [-0.15, -0.1) is 0 Å². The molecule has 0 aliphatic heterocycles. The molecule has 0 aliphatic carbocycles. The second-order valence-corrected chi connectivity index (χ2v) is 7.47. The van der Waals surface area contributed by atoms with Crippen molar-refractivity contribution in [3.8, 4) is 0 Å². The van der Waals surface area contributed by atoms with E-state index in [-0.39, 0.29) is 11.1 Å². The number of halogens is 4. The maximum absolute atomic E-state index is 12.1. The highest BCUT2D eigenvalue weighted by molar-refractivity contribution is 9.11. The number of esters is 2. The molecule has 2 aromatic rings. The maximum atomic E-state index is 12.1. The van der Waals surface area contributed by atoms with E-state index in [0.29, 0.717) is 17.9 Å². The largest absolute Gasteiger partial charge is 0.386 e. The molecule has 0 unspecified atom stereocenters. The summed E-state index contributed by atoms with van der Waals surface area (Å²) in [5, 5.41) is 0. The lowest BCUT2D eigenvalue weighted by molar-refractivity contribution is 0.0396. The highest BCUT2D eigenvalue weighted by atomic mass is 79.9. The summed E-state index contributed by atoms with van der Waals surface area (Å²) >= 11 is 13.0. The number of carbonyl (C=O) groups excluding carboxylic acids is 2. The van der Waals surface area contributed by atoms with E-state index in [1.807, 2.05) is 0 Å². The van der Waals surface area contributed by atoms with Crippen molar-refractivity contribution in [1.82, 2.24) is 0 Å². The van der Waals surface area contributed by atoms with Gasteiger partial charge < -0.3 is 4.74 Å². The molecule has 0 saturated heterocycles. The van der Waals surface area contributed by atoms with E-state index in [1.165, 1.54) is 0 Å². The van der Waals surface area contributed by atoms with Gasteiger partial charge in [0.25, 0.3) is 0 Å². The van der Waals surface area contributed by atoms with E-state index >= 15 is 0 Å². The molecule has 0 aliphatic rings. The summed E-state index contributed by atoms with van der Waals surface area (Å²) in [6, 6.07) is 10.1. The minimum absolute atomic E-state index is 0.267. The van der Waals surface area contributed by atoms with Gasteiger partial charge in [-0.3, -0.25) is 0 Å². The fourth-order valence-electron chi connectivity index (χ4n) is 1.50. The SMILES string of the molecule is O=C(OC(=O)c1cc(Br)ccc1Br)c1cc(Br)ccc1Br. The Morgan fingerprint density at radius 2 is 1.10 bits per heavy atom. The molecule has 0 bridgehead atoms. The third-order valence-electron chi connectivity index (χ3n) is 2.48. The summed E-state index contributed by atoms with van der Waals surface area (Å²) in [5.41, 5.74) is 0.535. The van der Waals surface area contributed by atoms with Crippen LogP contribution in [0.4, 0.5) is 0 Å². The van der Waals surface area contributed by atoms with E-state index in [0.717, 1.165) is 0 Å². The molecule has 21 heavy (non-hydrogen) atoms. The van der Waals surface area contributed by atoms with Gasteiger partial charge in [0.2, 0.25) is 0 Å². The number of benzene rings is 2. The van der Waals surface area contributed by atoms with Crippen LogP contribution in [0, 0.1) is 0 Å².